The number of hydrogen-bond donors (Lipinski definition) is 2. The first kappa shape index (κ1) is 19.8. The zero-order valence-corrected chi connectivity index (χ0v) is 15.8. The van der Waals surface area contributed by atoms with Gasteiger partial charge in [-0.2, -0.15) is 0 Å². The summed E-state index contributed by atoms with van der Waals surface area (Å²) in [7, 11) is 1.25. The third kappa shape index (κ3) is 4.28. The number of methoxy groups -OCH3 is 1. The third-order valence-corrected chi connectivity index (χ3v) is 4.86. The molecule has 1 saturated heterocycles. The van der Waals surface area contributed by atoms with E-state index in [2.05, 4.69) is 10.3 Å². The Morgan fingerprint density at radius 2 is 2.04 bits per heavy atom. The number of para-hydroxylation sites is 1. The van der Waals surface area contributed by atoms with Crippen molar-refractivity contribution in [2.24, 2.45) is 0 Å². The molecule has 2 aromatic rings. The van der Waals surface area contributed by atoms with Gasteiger partial charge in [-0.05, 0) is 12.1 Å². The fourth-order valence-corrected chi connectivity index (χ4v) is 3.44. The number of pyridine rings is 1. The Hall–Kier alpha value is -3.00. The summed E-state index contributed by atoms with van der Waals surface area (Å²) < 4.78 is 4.82. The third-order valence-electron chi connectivity index (χ3n) is 4.86. The molecular weight excluding hydrogens is 362 g/mol. The van der Waals surface area contributed by atoms with Crippen molar-refractivity contribution in [2.75, 3.05) is 13.7 Å². The number of carbonyl (C=O) groups is 3. The van der Waals surface area contributed by atoms with E-state index in [1.54, 1.807) is 6.07 Å². The van der Waals surface area contributed by atoms with E-state index in [1.165, 1.54) is 18.9 Å². The predicted molar refractivity (Wildman–Crippen MR) is 101 cm³/mol. The number of nitrogens with zero attached hydrogens (tertiary/aromatic N) is 2. The van der Waals surface area contributed by atoms with Crippen molar-refractivity contribution in [2.45, 2.75) is 38.0 Å². The Morgan fingerprint density at radius 3 is 2.75 bits per heavy atom. The van der Waals surface area contributed by atoms with Crippen LogP contribution in [0.4, 0.5) is 0 Å². The van der Waals surface area contributed by atoms with Gasteiger partial charge in [0.25, 0.3) is 0 Å². The average Bonchev–Trinajstić information content (AvgIpc) is 3.09. The van der Waals surface area contributed by atoms with E-state index in [4.69, 9.17) is 4.74 Å². The van der Waals surface area contributed by atoms with Gasteiger partial charge in [0.15, 0.2) is 0 Å². The number of amides is 2. The van der Waals surface area contributed by atoms with E-state index in [0.29, 0.717) is 5.69 Å². The zero-order chi connectivity index (χ0) is 20.3. The minimum absolute atomic E-state index is 0.0997. The van der Waals surface area contributed by atoms with E-state index in [1.807, 2.05) is 30.3 Å². The van der Waals surface area contributed by atoms with E-state index < -0.39 is 30.1 Å². The SMILES string of the molecule is COC(=O)[C@H](Cc1ccc2ccccc2n1)NC(=O)[C@@H]1C[C@@H](O)CN1C(C)=O. The zero-order valence-electron chi connectivity index (χ0n) is 15.8. The van der Waals surface area contributed by atoms with Gasteiger partial charge in [-0.25, -0.2) is 4.79 Å². The summed E-state index contributed by atoms with van der Waals surface area (Å²) in [6, 6.07) is 9.53. The maximum absolute atomic E-state index is 12.7. The van der Waals surface area contributed by atoms with E-state index >= 15 is 0 Å². The summed E-state index contributed by atoms with van der Waals surface area (Å²) in [5.41, 5.74) is 1.42. The number of fused-ring (bicyclic) bond motifs is 1. The highest BCUT2D eigenvalue weighted by Gasteiger charge is 2.39. The first-order valence-corrected chi connectivity index (χ1v) is 9.07. The van der Waals surface area contributed by atoms with Crippen LogP contribution in [0.15, 0.2) is 36.4 Å². The molecule has 28 heavy (non-hydrogen) atoms. The van der Waals surface area contributed by atoms with Crippen LogP contribution in [0.1, 0.15) is 19.0 Å². The molecule has 2 N–H and O–H groups in total. The maximum Gasteiger partial charge on any atom is 0.328 e. The molecule has 8 nitrogen and oxygen atoms in total. The van der Waals surface area contributed by atoms with Gasteiger partial charge in [-0.3, -0.25) is 14.6 Å². The molecule has 3 atom stereocenters. The number of aliphatic hydroxyl groups excluding tert-OH is 1. The van der Waals surface area contributed by atoms with Crippen LogP contribution in [0.3, 0.4) is 0 Å². The Balaban J connectivity index is 1.77. The normalized spacial score (nSPS) is 20.0. The molecule has 1 fully saturated rings. The van der Waals surface area contributed by atoms with Gasteiger partial charge in [-0.1, -0.05) is 24.3 Å². The second-order valence-corrected chi connectivity index (χ2v) is 6.86. The predicted octanol–water partition coefficient (Wildman–Crippen LogP) is 0.417. The summed E-state index contributed by atoms with van der Waals surface area (Å²) in [5, 5.41) is 13.4. The largest absolute Gasteiger partial charge is 0.467 e. The fourth-order valence-electron chi connectivity index (χ4n) is 3.44. The van der Waals surface area contributed by atoms with Crippen LogP contribution < -0.4 is 5.32 Å². The molecule has 8 heteroatoms. The molecule has 1 aliphatic rings. The minimum Gasteiger partial charge on any atom is -0.467 e. The van der Waals surface area contributed by atoms with Crippen molar-refractivity contribution < 1.29 is 24.2 Å². The number of rotatable bonds is 5. The van der Waals surface area contributed by atoms with Crippen LogP contribution in [0.2, 0.25) is 0 Å². The molecule has 1 aromatic heterocycles. The second-order valence-electron chi connectivity index (χ2n) is 6.86. The maximum atomic E-state index is 12.7. The highest BCUT2D eigenvalue weighted by atomic mass is 16.5. The number of aliphatic hydroxyl groups is 1. The van der Waals surface area contributed by atoms with Crippen LogP contribution in [0.5, 0.6) is 0 Å². The first-order valence-electron chi connectivity index (χ1n) is 9.07. The molecule has 1 aromatic carbocycles. The summed E-state index contributed by atoms with van der Waals surface area (Å²) >= 11 is 0. The lowest BCUT2D eigenvalue weighted by Crippen LogP contribution is -2.51. The number of aromatic nitrogens is 1. The molecule has 0 spiro atoms. The number of ether oxygens (including phenoxy) is 1. The first-order chi connectivity index (χ1) is 13.4. The number of hydrogen-bond acceptors (Lipinski definition) is 6. The molecule has 0 saturated carbocycles. The monoisotopic (exact) mass is 385 g/mol. The molecule has 0 unspecified atom stereocenters. The van der Waals surface area contributed by atoms with Gasteiger partial charge in [0.1, 0.15) is 12.1 Å². The van der Waals surface area contributed by atoms with Crippen LogP contribution in [0.25, 0.3) is 10.9 Å². The van der Waals surface area contributed by atoms with Gasteiger partial charge < -0.3 is 20.1 Å². The minimum atomic E-state index is -0.947. The van der Waals surface area contributed by atoms with Crippen molar-refractivity contribution in [1.29, 1.82) is 0 Å². The van der Waals surface area contributed by atoms with E-state index in [-0.39, 0.29) is 25.3 Å². The van der Waals surface area contributed by atoms with Crippen LogP contribution in [-0.2, 0) is 25.5 Å². The van der Waals surface area contributed by atoms with Crippen LogP contribution in [0, 0.1) is 0 Å². The Bertz CT molecular complexity index is 900. The number of likely N-dealkylation sites (tertiary alicyclic amines) is 1. The number of benzene rings is 1. The number of esters is 1. The molecule has 0 radical (unpaired) electrons. The van der Waals surface area contributed by atoms with Crippen molar-refractivity contribution in [3.05, 3.63) is 42.1 Å². The second kappa shape index (κ2) is 8.35. The molecule has 148 valence electrons. The van der Waals surface area contributed by atoms with Crippen molar-refractivity contribution in [3.8, 4) is 0 Å². The highest BCUT2D eigenvalue weighted by molar-refractivity contribution is 5.91. The topological polar surface area (TPSA) is 109 Å². The van der Waals surface area contributed by atoms with Crippen LogP contribution in [-0.4, -0.2) is 64.6 Å². The standard InChI is InChI=1S/C20H23N3O5/c1-12(24)23-11-15(25)10-18(23)19(26)22-17(20(27)28-2)9-14-8-7-13-5-3-4-6-16(13)21-14/h3-8,15,17-18,25H,9-11H2,1-2H3,(H,22,26)/t15-,17+,18+/m1/s1. The van der Waals surface area contributed by atoms with Crippen LogP contribution >= 0.6 is 0 Å². The summed E-state index contributed by atoms with van der Waals surface area (Å²) in [6.07, 6.45) is -0.482. The molecule has 1 aliphatic heterocycles. The lowest BCUT2D eigenvalue weighted by atomic mass is 10.1. The Kier molecular flexibility index (Phi) is 5.89. The summed E-state index contributed by atoms with van der Waals surface area (Å²) in [6.45, 7) is 1.44. The Labute approximate surface area is 162 Å². The quantitative estimate of drug-likeness (QED) is 0.722. The lowest BCUT2D eigenvalue weighted by Gasteiger charge is -2.24. The average molecular weight is 385 g/mol. The number of nitrogens with one attached hydrogen (secondary N) is 1. The highest BCUT2D eigenvalue weighted by Crippen LogP contribution is 2.19. The summed E-state index contributed by atoms with van der Waals surface area (Å²) in [5.74, 6) is -1.40. The number of carbonyl (C=O) groups excluding carboxylic acids is 3. The van der Waals surface area contributed by atoms with Crippen molar-refractivity contribution >= 4 is 28.7 Å². The molecule has 3 rings (SSSR count). The van der Waals surface area contributed by atoms with Gasteiger partial charge in [0, 0.05) is 37.4 Å². The fraction of sp³-hybridized carbons (Fsp3) is 0.400. The lowest BCUT2D eigenvalue weighted by molar-refractivity contribution is -0.146. The van der Waals surface area contributed by atoms with Crippen molar-refractivity contribution in [1.82, 2.24) is 15.2 Å². The molecule has 0 bridgehead atoms. The Morgan fingerprint density at radius 1 is 1.29 bits per heavy atom. The van der Waals surface area contributed by atoms with Gasteiger partial charge in [0.2, 0.25) is 11.8 Å². The molecule has 0 aliphatic carbocycles. The molecule has 2 amide bonds. The number of β-amino-alcohol motifs (C(OH)–C–C–N with tert-alkyl or cyclic N) is 1. The molecule has 2 heterocycles. The summed E-state index contributed by atoms with van der Waals surface area (Å²) in [4.78, 5) is 42.5. The van der Waals surface area contributed by atoms with Gasteiger partial charge in [0.05, 0.1) is 18.7 Å². The van der Waals surface area contributed by atoms with Gasteiger partial charge >= 0.3 is 5.97 Å². The smallest absolute Gasteiger partial charge is 0.328 e. The van der Waals surface area contributed by atoms with Gasteiger partial charge in [-0.15, -0.1) is 0 Å². The van der Waals surface area contributed by atoms with Crippen molar-refractivity contribution in [3.63, 3.8) is 0 Å². The molecular formula is C20H23N3O5. The van der Waals surface area contributed by atoms with E-state index in [9.17, 15) is 19.5 Å². The van der Waals surface area contributed by atoms with E-state index in [0.717, 1.165) is 10.9 Å².